The summed E-state index contributed by atoms with van der Waals surface area (Å²) in [5.74, 6) is -0.179. The molecule has 0 aromatic heterocycles. The fraction of sp³-hybridized carbons (Fsp3) is 0.200. The second kappa shape index (κ2) is 5.77. The number of hydrogen-bond acceptors (Lipinski definition) is 2. The van der Waals surface area contributed by atoms with Gasteiger partial charge in [0.1, 0.15) is 5.82 Å². The van der Waals surface area contributed by atoms with Gasteiger partial charge < -0.3 is 11.1 Å². The number of nitrogen functional groups attached to an aromatic ring is 1. The van der Waals surface area contributed by atoms with Gasteiger partial charge in [0.15, 0.2) is 0 Å². The van der Waals surface area contributed by atoms with Crippen molar-refractivity contribution >= 4 is 34.0 Å². The van der Waals surface area contributed by atoms with Crippen LogP contribution in [0.4, 0.5) is 15.8 Å². The molecule has 4 heteroatoms. The molecule has 0 amide bonds. The lowest BCUT2D eigenvalue weighted by atomic mass is 10.1. The first-order chi connectivity index (χ1) is 8.97. The minimum Gasteiger partial charge on any atom is -0.397 e. The van der Waals surface area contributed by atoms with Crippen molar-refractivity contribution in [2.24, 2.45) is 0 Å². The van der Waals surface area contributed by atoms with E-state index in [4.69, 9.17) is 5.73 Å². The maximum atomic E-state index is 13.6. The van der Waals surface area contributed by atoms with Crippen LogP contribution >= 0.6 is 22.6 Å². The molecule has 3 N–H and O–H groups in total. The number of rotatable bonds is 3. The Bertz CT molecular complexity index is 599. The minimum absolute atomic E-state index is 0.00235. The van der Waals surface area contributed by atoms with Gasteiger partial charge in [-0.05, 0) is 71.8 Å². The quantitative estimate of drug-likeness (QED) is 0.617. The maximum Gasteiger partial charge on any atom is 0.126 e. The zero-order valence-corrected chi connectivity index (χ0v) is 13.0. The summed E-state index contributed by atoms with van der Waals surface area (Å²) in [6.45, 7) is 3.75. The Morgan fingerprint density at radius 3 is 2.58 bits per heavy atom. The van der Waals surface area contributed by atoms with E-state index in [0.717, 1.165) is 14.8 Å². The van der Waals surface area contributed by atoms with Gasteiger partial charge in [-0.3, -0.25) is 0 Å². The molecule has 1 atom stereocenters. The fourth-order valence-corrected chi connectivity index (χ4v) is 2.38. The molecule has 2 aromatic carbocycles. The number of anilines is 2. The number of nitrogens with one attached hydrogen (secondary N) is 1. The normalized spacial score (nSPS) is 12.2. The van der Waals surface area contributed by atoms with E-state index >= 15 is 0 Å². The molecule has 0 radical (unpaired) electrons. The highest BCUT2D eigenvalue weighted by molar-refractivity contribution is 14.1. The average molecular weight is 370 g/mol. The molecule has 0 saturated heterocycles. The van der Waals surface area contributed by atoms with Crippen LogP contribution in [-0.2, 0) is 0 Å². The van der Waals surface area contributed by atoms with Gasteiger partial charge in [-0.1, -0.05) is 12.1 Å². The molecule has 0 fully saturated rings. The minimum atomic E-state index is -0.179. The molecule has 0 aliphatic heterocycles. The van der Waals surface area contributed by atoms with Crippen molar-refractivity contribution < 1.29 is 4.39 Å². The molecule has 0 saturated carbocycles. The molecule has 0 bridgehead atoms. The molecule has 0 spiro atoms. The Labute approximate surface area is 126 Å². The summed E-state index contributed by atoms with van der Waals surface area (Å²) in [4.78, 5) is 0. The average Bonchev–Trinajstić information content (AvgIpc) is 2.36. The molecule has 0 aliphatic rings. The molecule has 2 nitrogen and oxygen atoms in total. The summed E-state index contributed by atoms with van der Waals surface area (Å²) >= 11 is 2.22. The maximum absolute atomic E-state index is 13.6. The van der Waals surface area contributed by atoms with Crippen molar-refractivity contribution in [2.75, 3.05) is 11.1 Å². The van der Waals surface area contributed by atoms with E-state index in [1.807, 2.05) is 31.2 Å². The van der Waals surface area contributed by atoms with E-state index in [0.29, 0.717) is 11.3 Å². The summed E-state index contributed by atoms with van der Waals surface area (Å²) in [5.41, 5.74) is 9.09. The number of halogens is 2. The SMILES string of the molecule is Cc1ccc(C(C)Nc2ccc(I)cc2N)cc1F. The summed E-state index contributed by atoms with van der Waals surface area (Å²) < 4.78 is 14.6. The second-order valence-corrected chi connectivity index (χ2v) is 5.85. The smallest absolute Gasteiger partial charge is 0.126 e. The van der Waals surface area contributed by atoms with E-state index in [9.17, 15) is 4.39 Å². The third-order valence-electron chi connectivity index (χ3n) is 3.08. The molecule has 1 unspecified atom stereocenters. The summed E-state index contributed by atoms with van der Waals surface area (Å²) in [6, 6.07) is 11.1. The van der Waals surface area contributed by atoms with E-state index in [1.54, 1.807) is 19.1 Å². The first-order valence-corrected chi connectivity index (χ1v) is 7.13. The van der Waals surface area contributed by atoms with Crippen LogP contribution in [0.15, 0.2) is 36.4 Å². The van der Waals surface area contributed by atoms with E-state index in [2.05, 4.69) is 27.9 Å². The van der Waals surface area contributed by atoms with E-state index < -0.39 is 0 Å². The van der Waals surface area contributed by atoms with Gasteiger partial charge in [0.2, 0.25) is 0 Å². The second-order valence-electron chi connectivity index (χ2n) is 4.61. The number of benzene rings is 2. The Kier molecular flexibility index (Phi) is 4.29. The molecule has 2 aromatic rings. The molecular formula is C15H16FIN2. The molecule has 2 rings (SSSR count). The Balaban J connectivity index is 2.20. The number of hydrogen-bond donors (Lipinski definition) is 2. The van der Waals surface area contributed by atoms with Crippen LogP contribution in [-0.4, -0.2) is 0 Å². The highest BCUT2D eigenvalue weighted by atomic mass is 127. The van der Waals surface area contributed by atoms with Crippen molar-refractivity contribution in [3.8, 4) is 0 Å². The first-order valence-electron chi connectivity index (χ1n) is 6.05. The standard InChI is InChI=1S/C15H16FIN2/c1-9-3-4-11(7-13(9)16)10(2)19-15-6-5-12(17)8-14(15)18/h3-8,10,19H,18H2,1-2H3. The lowest BCUT2D eigenvalue weighted by Crippen LogP contribution is -2.09. The van der Waals surface area contributed by atoms with Crippen LogP contribution in [0.3, 0.4) is 0 Å². The molecule has 100 valence electrons. The Hall–Kier alpha value is -1.30. The zero-order valence-electron chi connectivity index (χ0n) is 10.9. The van der Waals surface area contributed by atoms with Gasteiger partial charge in [-0.25, -0.2) is 4.39 Å². The Morgan fingerprint density at radius 2 is 1.95 bits per heavy atom. The lowest BCUT2D eigenvalue weighted by molar-refractivity contribution is 0.614. The lowest BCUT2D eigenvalue weighted by Gasteiger charge is -2.18. The van der Waals surface area contributed by atoms with Crippen LogP contribution in [0.5, 0.6) is 0 Å². The highest BCUT2D eigenvalue weighted by Crippen LogP contribution is 2.26. The van der Waals surface area contributed by atoms with Crippen molar-refractivity contribution in [1.82, 2.24) is 0 Å². The van der Waals surface area contributed by atoms with Crippen LogP contribution in [0.2, 0.25) is 0 Å². The predicted octanol–water partition coefficient (Wildman–Crippen LogP) is 4.49. The third kappa shape index (κ3) is 3.37. The predicted molar refractivity (Wildman–Crippen MR) is 86.7 cm³/mol. The highest BCUT2D eigenvalue weighted by Gasteiger charge is 2.09. The number of nitrogens with two attached hydrogens (primary N) is 1. The molecular weight excluding hydrogens is 354 g/mol. The first kappa shape index (κ1) is 14.1. The topological polar surface area (TPSA) is 38.0 Å². The molecule has 0 heterocycles. The van der Waals surface area contributed by atoms with Crippen molar-refractivity contribution in [3.05, 3.63) is 56.9 Å². The Morgan fingerprint density at radius 1 is 1.21 bits per heavy atom. The van der Waals surface area contributed by atoms with Gasteiger partial charge in [-0.2, -0.15) is 0 Å². The van der Waals surface area contributed by atoms with Gasteiger partial charge in [0.25, 0.3) is 0 Å². The summed E-state index contributed by atoms with van der Waals surface area (Å²) in [6.07, 6.45) is 0. The van der Waals surface area contributed by atoms with E-state index in [-0.39, 0.29) is 11.9 Å². The fourth-order valence-electron chi connectivity index (χ4n) is 1.86. The van der Waals surface area contributed by atoms with Crippen LogP contribution in [0.25, 0.3) is 0 Å². The van der Waals surface area contributed by atoms with Crippen molar-refractivity contribution in [1.29, 1.82) is 0 Å². The van der Waals surface area contributed by atoms with E-state index in [1.165, 1.54) is 0 Å². The molecule has 0 aliphatic carbocycles. The zero-order chi connectivity index (χ0) is 14.0. The third-order valence-corrected chi connectivity index (χ3v) is 3.75. The van der Waals surface area contributed by atoms with Gasteiger partial charge in [0, 0.05) is 9.61 Å². The molecule has 19 heavy (non-hydrogen) atoms. The summed E-state index contributed by atoms with van der Waals surface area (Å²) in [5, 5.41) is 3.31. The monoisotopic (exact) mass is 370 g/mol. The van der Waals surface area contributed by atoms with Crippen LogP contribution in [0.1, 0.15) is 24.1 Å². The van der Waals surface area contributed by atoms with Crippen molar-refractivity contribution in [3.63, 3.8) is 0 Å². The largest absolute Gasteiger partial charge is 0.397 e. The van der Waals surface area contributed by atoms with Crippen molar-refractivity contribution in [2.45, 2.75) is 19.9 Å². The van der Waals surface area contributed by atoms with Gasteiger partial charge in [-0.15, -0.1) is 0 Å². The van der Waals surface area contributed by atoms with Crippen LogP contribution in [0, 0.1) is 16.3 Å². The van der Waals surface area contributed by atoms with Gasteiger partial charge >= 0.3 is 0 Å². The van der Waals surface area contributed by atoms with Gasteiger partial charge in [0.05, 0.1) is 11.4 Å². The summed E-state index contributed by atoms with van der Waals surface area (Å²) in [7, 11) is 0. The number of aryl methyl sites for hydroxylation is 1. The van der Waals surface area contributed by atoms with Crippen LogP contribution < -0.4 is 11.1 Å².